The molecular weight excluding hydrogens is 340 g/mol. The second kappa shape index (κ2) is 8.82. The molecule has 138 valence electrons. The Balaban J connectivity index is 2.43. The molecule has 0 fully saturated rings. The maximum absolute atomic E-state index is 12.8. The van der Waals surface area contributed by atoms with Gasteiger partial charge in [0.25, 0.3) is 11.6 Å². The molecule has 0 aromatic heterocycles. The van der Waals surface area contributed by atoms with Crippen LogP contribution in [-0.2, 0) is 4.74 Å². The van der Waals surface area contributed by atoms with Crippen molar-refractivity contribution in [2.24, 2.45) is 0 Å². The highest BCUT2D eigenvalue weighted by Gasteiger charge is 2.27. The molecule has 0 saturated heterocycles. The van der Waals surface area contributed by atoms with E-state index in [2.05, 4.69) is 0 Å². The molecule has 8 heteroatoms. The van der Waals surface area contributed by atoms with Crippen LogP contribution in [0.15, 0.2) is 42.5 Å². The van der Waals surface area contributed by atoms with Crippen molar-refractivity contribution in [1.29, 1.82) is 0 Å². The summed E-state index contributed by atoms with van der Waals surface area (Å²) in [6.45, 7) is 0.510. The lowest BCUT2D eigenvalue weighted by Gasteiger charge is -2.18. The molecule has 1 amide bonds. The van der Waals surface area contributed by atoms with Crippen LogP contribution in [0.4, 0.5) is 11.4 Å². The molecule has 0 N–H and O–H groups in total. The Labute approximate surface area is 151 Å². The molecule has 0 saturated carbocycles. The van der Waals surface area contributed by atoms with E-state index in [9.17, 15) is 14.9 Å². The number of carbonyl (C=O) groups excluding carboxylic acids is 1. The van der Waals surface area contributed by atoms with Gasteiger partial charge in [-0.1, -0.05) is 18.2 Å². The zero-order valence-electron chi connectivity index (χ0n) is 14.8. The van der Waals surface area contributed by atoms with Gasteiger partial charge in [0.1, 0.15) is 12.2 Å². The Morgan fingerprint density at radius 2 is 1.81 bits per heavy atom. The summed E-state index contributed by atoms with van der Waals surface area (Å²) in [6, 6.07) is 11.4. The van der Waals surface area contributed by atoms with E-state index in [0.717, 1.165) is 0 Å². The summed E-state index contributed by atoms with van der Waals surface area (Å²) in [6.07, 6.45) is 0. The van der Waals surface area contributed by atoms with Crippen molar-refractivity contribution in [3.05, 3.63) is 58.1 Å². The van der Waals surface area contributed by atoms with Crippen LogP contribution < -0.4 is 14.4 Å². The van der Waals surface area contributed by atoms with E-state index in [1.807, 2.05) is 6.07 Å². The standard InChI is InChI=1S/C18H20N2O6/c1-19(13-7-5-4-6-8-13)18(21)14-11-16(25-3)17(26-10-9-24-2)12-15(14)20(22)23/h4-8,11-12H,9-10H2,1-3H3. The molecule has 2 rings (SSSR count). The molecule has 0 bridgehead atoms. The van der Waals surface area contributed by atoms with Crippen LogP contribution in [0.5, 0.6) is 11.5 Å². The van der Waals surface area contributed by atoms with Gasteiger partial charge in [0.15, 0.2) is 11.5 Å². The second-order valence-electron chi connectivity index (χ2n) is 5.32. The fourth-order valence-corrected chi connectivity index (χ4v) is 2.33. The number of para-hydroxylation sites is 1. The lowest BCUT2D eigenvalue weighted by molar-refractivity contribution is -0.385. The maximum atomic E-state index is 12.8. The third-order valence-electron chi connectivity index (χ3n) is 3.70. The van der Waals surface area contributed by atoms with Crippen LogP contribution in [0.1, 0.15) is 10.4 Å². The molecule has 0 aliphatic heterocycles. The van der Waals surface area contributed by atoms with Crippen molar-refractivity contribution in [1.82, 2.24) is 0 Å². The van der Waals surface area contributed by atoms with Gasteiger partial charge in [0.2, 0.25) is 0 Å². The van der Waals surface area contributed by atoms with E-state index in [0.29, 0.717) is 12.3 Å². The van der Waals surface area contributed by atoms with Crippen LogP contribution in [0, 0.1) is 10.1 Å². The minimum Gasteiger partial charge on any atom is -0.493 e. The minimum atomic E-state index is -0.616. The summed E-state index contributed by atoms with van der Waals surface area (Å²) in [5.74, 6) is -0.115. The molecule has 26 heavy (non-hydrogen) atoms. The van der Waals surface area contributed by atoms with Gasteiger partial charge >= 0.3 is 0 Å². The number of rotatable bonds is 8. The number of nitro groups is 1. The molecule has 0 radical (unpaired) electrons. The van der Waals surface area contributed by atoms with Gasteiger partial charge in [0, 0.05) is 25.9 Å². The minimum absolute atomic E-state index is 0.0858. The molecule has 0 aliphatic carbocycles. The Kier molecular flexibility index (Phi) is 6.51. The molecule has 8 nitrogen and oxygen atoms in total. The Bertz CT molecular complexity index is 779. The summed E-state index contributed by atoms with van der Waals surface area (Å²) >= 11 is 0. The summed E-state index contributed by atoms with van der Waals surface area (Å²) < 4.78 is 15.6. The van der Waals surface area contributed by atoms with Crippen LogP contribution >= 0.6 is 0 Å². The number of nitro benzene ring substituents is 1. The first-order valence-corrected chi connectivity index (χ1v) is 7.80. The number of amides is 1. The van der Waals surface area contributed by atoms with Gasteiger partial charge in [-0.25, -0.2) is 0 Å². The van der Waals surface area contributed by atoms with Crippen molar-refractivity contribution in [2.45, 2.75) is 0 Å². The Hall–Kier alpha value is -3.13. The van der Waals surface area contributed by atoms with Crippen LogP contribution in [-0.4, -0.2) is 45.3 Å². The van der Waals surface area contributed by atoms with Gasteiger partial charge in [-0.2, -0.15) is 0 Å². The zero-order valence-corrected chi connectivity index (χ0v) is 14.8. The number of hydrogen-bond donors (Lipinski definition) is 0. The number of methoxy groups -OCH3 is 2. The normalized spacial score (nSPS) is 10.3. The van der Waals surface area contributed by atoms with Crippen LogP contribution in [0.3, 0.4) is 0 Å². The van der Waals surface area contributed by atoms with Crippen molar-refractivity contribution in [3.8, 4) is 11.5 Å². The van der Waals surface area contributed by atoms with E-state index >= 15 is 0 Å². The van der Waals surface area contributed by atoms with Gasteiger partial charge in [-0.15, -0.1) is 0 Å². The predicted octanol–water partition coefficient (Wildman–Crippen LogP) is 2.91. The van der Waals surface area contributed by atoms with Crippen molar-refractivity contribution >= 4 is 17.3 Å². The number of benzene rings is 2. The fourth-order valence-electron chi connectivity index (χ4n) is 2.33. The smallest absolute Gasteiger partial charge is 0.286 e. The quantitative estimate of drug-likeness (QED) is 0.408. The first kappa shape index (κ1) is 19.2. The number of nitrogens with zero attached hydrogens (tertiary/aromatic N) is 2. The molecule has 0 heterocycles. The average Bonchev–Trinajstić information content (AvgIpc) is 2.67. The highest BCUT2D eigenvalue weighted by Crippen LogP contribution is 2.35. The summed E-state index contributed by atoms with van der Waals surface area (Å²) in [7, 11) is 4.47. The fraction of sp³-hybridized carbons (Fsp3) is 0.278. The van der Waals surface area contributed by atoms with Crippen molar-refractivity contribution in [2.75, 3.05) is 39.4 Å². The SMILES string of the molecule is COCCOc1cc([N+](=O)[O-])c(C(=O)N(C)c2ccccc2)cc1OC. The maximum Gasteiger partial charge on any atom is 0.286 e. The lowest BCUT2D eigenvalue weighted by Crippen LogP contribution is -2.27. The van der Waals surface area contributed by atoms with Gasteiger partial charge in [0.05, 0.1) is 24.7 Å². The van der Waals surface area contributed by atoms with Gasteiger partial charge < -0.3 is 19.1 Å². The van der Waals surface area contributed by atoms with Crippen LogP contribution in [0.25, 0.3) is 0 Å². The molecule has 0 spiro atoms. The lowest BCUT2D eigenvalue weighted by atomic mass is 10.1. The molecular formula is C18H20N2O6. The first-order chi connectivity index (χ1) is 12.5. The Morgan fingerprint density at radius 3 is 2.38 bits per heavy atom. The van der Waals surface area contributed by atoms with Gasteiger partial charge in [-0.3, -0.25) is 14.9 Å². The molecule has 0 unspecified atom stereocenters. The molecule has 2 aromatic rings. The molecule has 0 atom stereocenters. The highest BCUT2D eigenvalue weighted by molar-refractivity contribution is 6.08. The van der Waals surface area contributed by atoms with Gasteiger partial charge in [-0.05, 0) is 12.1 Å². The van der Waals surface area contributed by atoms with Crippen LogP contribution in [0.2, 0.25) is 0 Å². The summed E-state index contributed by atoms with van der Waals surface area (Å²) in [5, 5.41) is 11.5. The summed E-state index contributed by atoms with van der Waals surface area (Å²) in [5.41, 5.74) is 0.175. The predicted molar refractivity (Wildman–Crippen MR) is 96.2 cm³/mol. The Morgan fingerprint density at radius 1 is 1.12 bits per heavy atom. The topological polar surface area (TPSA) is 91.1 Å². The number of anilines is 1. The first-order valence-electron chi connectivity index (χ1n) is 7.80. The molecule has 2 aromatic carbocycles. The van der Waals surface area contributed by atoms with E-state index < -0.39 is 10.8 Å². The van der Waals surface area contributed by atoms with E-state index in [4.69, 9.17) is 14.2 Å². The van der Waals surface area contributed by atoms with E-state index in [1.165, 1.54) is 31.3 Å². The third-order valence-corrected chi connectivity index (χ3v) is 3.70. The largest absolute Gasteiger partial charge is 0.493 e. The highest BCUT2D eigenvalue weighted by atomic mass is 16.6. The summed E-state index contributed by atoms with van der Waals surface area (Å²) in [4.78, 5) is 25.0. The second-order valence-corrected chi connectivity index (χ2v) is 5.32. The number of carbonyl (C=O) groups is 1. The van der Waals surface area contributed by atoms with Crippen molar-refractivity contribution in [3.63, 3.8) is 0 Å². The van der Waals surface area contributed by atoms with Crippen molar-refractivity contribution < 1.29 is 23.9 Å². The zero-order chi connectivity index (χ0) is 19.1. The molecule has 0 aliphatic rings. The monoisotopic (exact) mass is 360 g/mol. The number of hydrogen-bond acceptors (Lipinski definition) is 6. The van der Waals surface area contributed by atoms with E-state index in [1.54, 1.807) is 31.3 Å². The number of ether oxygens (including phenoxy) is 3. The average molecular weight is 360 g/mol. The van der Waals surface area contributed by atoms with E-state index in [-0.39, 0.29) is 29.4 Å². The third kappa shape index (κ3) is 4.28.